The van der Waals surface area contributed by atoms with Gasteiger partial charge in [-0.25, -0.2) is 0 Å². The van der Waals surface area contributed by atoms with Crippen LogP contribution in [0.4, 0.5) is 0 Å². The van der Waals surface area contributed by atoms with Gasteiger partial charge >= 0.3 is 0 Å². The van der Waals surface area contributed by atoms with Crippen LogP contribution in [0.3, 0.4) is 0 Å². The molecule has 3 rings (SSSR count). The largest absolute Gasteiger partial charge is 0.330 e. The maximum Gasteiger partial charge on any atom is 0.175 e. The van der Waals surface area contributed by atoms with Crippen molar-refractivity contribution in [3.05, 3.63) is 48.0 Å². The second-order valence-corrected chi connectivity index (χ2v) is 7.94. The lowest BCUT2D eigenvalue weighted by atomic mass is 10.1. The van der Waals surface area contributed by atoms with E-state index < -0.39 is 0 Å². The third kappa shape index (κ3) is 3.77. The summed E-state index contributed by atoms with van der Waals surface area (Å²) in [5.74, 6) is 1.81. The molecule has 3 aromatic rings. The van der Waals surface area contributed by atoms with Gasteiger partial charge in [0, 0.05) is 18.1 Å². The van der Waals surface area contributed by atoms with Gasteiger partial charge in [-0.05, 0) is 16.3 Å². The minimum Gasteiger partial charge on any atom is -0.330 e. The van der Waals surface area contributed by atoms with Crippen LogP contribution >= 0.6 is 34.9 Å². The summed E-state index contributed by atoms with van der Waals surface area (Å²) in [5.41, 5.74) is 6.84. The molecule has 6 heteroatoms. The Kier molecular flexibility index (Phi) is 5.13. The Bertz CT molecular complexity index is 722. The van der Waals surface area contributed by atoms with Crippen LogP contribution in [0.2, 0.25) is 0 Å². The van der Waals surface area contributed by atoms with Gasteiger partial charge in [0.2, 0.25) is 0 Å². The SMILES string of the molecule is NCCSc1nnc(SCc2cccc3ccccc23)s1. The molecule has 3 nitrogen and oxygen atoms in total. The maximum atomic E-state index is 5.50. The van der Waals surface area contributed by atoms with E-state index in [1.165, 1.54) is 16.3 Å². The second-order valence-electron chi connectivity index (χ2n) is 4.40. The van der Waals surface area contributed by atoms with Crippen molar-refractivity contribution in [1.82, 2.24) is 10.2 Å². The fraction of sp³-hybridized carbons (Fsp3) is 0.200. The summed E-state index contributed by atoms with van der Waals surface area (Å²) >= 11 is 5.06. The van der Waals surface area contributed by atoms with E-state index in [2.05, 4.69) is 52.7 Å². The number of rotatable bonds is 6. The van der Waals surface area contributed by atoms with Gasteiger partial charge in [0.05, 0.1) is 0 Å². The quantitative estimate of drug-likeness (QED) is 0.690. The molecule has 0 saturated heterocycles. The van der Waals surface area contributed by atoms with Crippen LogP contribution in [-0.4, -0.2) is 22.5 Å². The van der Waals surface area contributed by atoms with Crippen molar-refractivity contribution < 1.29 is 0 Å². The molecule has 0 atom stereocenters. The highest BCUT2D eigenvalue weighted by atomic mass is 32.2. The summed E-state index contributed by atoms with van der Waals surface area (Å²) < 4.78 is 2.02. The Hall–Kier alpha value is -1.08. The zero-order valence-electron chi connectivity index (χ0n) is 11.4. The molecule has 2 N–H and O–H groups in total. The molecule has 0 unspecified atom stereocenters. The van der Waals surface area contributed by atoms with E-state index >= 15 is 0 Å². The van der Waals surface area contributed by atoms with Gasteiger partial charge in [0.25, 0.3) is 0 Å². The molecule has 2 aromatic carbocycles. The van der Waals surface area contributed by atoms with Gasteiger partial charge in [-0.3, -0.25) is 0 Å². The number of aromatic nitrogens is 2. The Morgan fingerprint density at radius 1 is 0.952 bits per heavy atom. The van der Waals surface area contributed by atoms with Crippen LogP contribution < -0.4 is 5.73 Å². The van der Waals surface area contributed by atoms with Gasteiger partial charge in [0.15, 0.2) is 8.68 Å². The van der Waals surface area contributed by atoms with E-state index in [-0.39, 0.29) is 0 Å². The molecule has 108 valence electrons. The number of thioether (sulfide) groups is 2. The topological polar surface area (TPSA) is 51.8 Å². The molecule has 0 aliphatic rings. The molecule has 21 heavy (non-hydrogen) atoms. The van der Waals surface area contributed by atoms with Gasteiger partial charge in [-0.15, -0.1) is 10.2 Å². The summed E-state index contributed by atoms with van der Waals surface area (Å²) in [7, 11) is 0. The average molecular weight is 334 g/mol. The predicted octanol–water partition coefficient (Wildman–Crippen LogP) is 4.03. The summed E-state index contributed by atoms with van der Waals surface area (Å²) in [5, 5.41) is 11.0. The standard InChI is InChI=1S/C15H15N3S3/c16-8-9-19-14-17-18-15(21-14)20-10-12-6-3-5-11-4-1-2-7-13(11)12/h1-7H,8-10,16H2. The lowest BCUT2D eigenvalue weighted by Crippen LogP contribution is -2.00. The van der Waals surface area contributed by atoms with E-state index in [4.69, 9.17) is 5.73 Å². The van der Waals surface area contributed by atoms with E-state index in [0.717, 1.165) is 20.2 Å². The normalized spacial score (nSPS) is 11.1. The summed E-state index contributed by atoms with van der Waals surface area (Å²) in [6.07, 6.45) is 0. The van der Waals surface area contributed by atoms with Crippen LogP contribution in [0, 0.1) is 0 Å². The van der Waals surface area contributed by atoms with Crippen molar-refractivity contribution >= 4 is 45.6 Å². The molecule has 0 spiro atoms. The molecule has 0 fully saturated rings. The van der Waals surface area contributed by atoms with Gasteiger partial charge < -0.3 is 5.73 Å². The van der Waals surface area contributed by atoms with Crippen LogP contribution in [0.1, 0.15) is 5.56 Å². The fourth-order valence-corrected chi connectivity index (χ4v) is 4.88. The monoisotopic (exact) mass is 333 g/mol. The second kappa shape index (κ2) is 7.26. The van der Waals surface area contributed by atoms with E-state index in [1.54, 1.807) is 34.9 Å². The van der Waals surface area contributed by atoms with Gasteiger partial charge in [-0.1, -0.05) is 77.3 Å². The highest BCUT2D eigenvalue weighted by Gasteiger charge is 2.07. The zero-order chi connectivity index (χ0) is 14.5. The molecule has 0 aliphatic carbocycles. The minimum absolute atomic E-state index is 0.669. The molecule has 0 amide bonds. The Balaban J connectivity index is 1.70. The van der Waals surface area contributed by atoms with Gasteiger partial charge in [0.1, 0.15) is 0 Å². The summed E-state index contributed by atoms with van der Waals surface area (Å²) in [6, 6.07) is 14.9. The molecule has 0 bridgehead atoms. The molecule has 0 aliphatic heterocycles. The van der Waals surface area contributed by atoms with Crippen molar-refractivity contribution in [2.24, 2.45) is 5.73 Å². The molecule has 0 radical (unpaired) electrons. The van der Waals surface area contributed by atoms with Crippen molar-refractivity contribution in [1.29, 1.82) is 0 Å². The van der Waals surface area contributed by atoms with Crippen molar-refractivity contribution in [3.8, 4) is 0 Å². The van der Waals surface area contributed by atoms with Crippen molar-refractivity contribution in [2.45, 2.75) is 14.4 Å². The first-order chi connectivity index (χ1) is 10.4. The third-order valence-electron chi connectivity index (χ3n) is 2.96. The van der Waals surface area contributed by atoms with Crippen molar-refractivity contribution in [3.63, 3.8) is 0 Å². The number of nitrogens with zero attached hydrogens (tertiary/aromatic N) is 2. The highest BCUT2D eigenvalue weighted by molar-refractivity contribution is 8.02. The lowest BCUT2D eigenvalue weighted by Gasteiger charge is -2.04. The lowest BCUT2D eigenvalue weighted by molar-refractivity contribution is 0.953. The maximum absolute atomic E-state index is 5.50. The first kappa shape index (κ1) is 14.8. The Morgan fingerprint density at radius 2 is 1.71 bits per heavy atom. The average Bonchev–Trinajstić information content (AvgIpc) is 2.99. The number of nitrogens with two attached hydrogens (primary N) is 1. The number of hydrogen-bond acceptors (Lipinski definition) is 6. The predicted molar refractivity (Wildman–Crippen MR) is 93.2 cm³/mol. The zero-order valence-corrected chi connectivity index (χ0v) is 13.8. The molecule has 1 heterocycles. The number of fused-ring (bicyclic) bond motifs is 1. The highest BCUT2D eigenvalue weighted by Crippen LogP contribution is 2.32. The molecular formula is C15H15N3S3. The van der Waals surface area contributed by atoms with E-state index in [1.807, 2.05) is 0 Å². The number of benzene rings is 2. The third-order valence-corrected chi connectivity index (χ3v) is 6.23. The summed E-state index contributed by atoms with van der Waals surface area (Å²) in [4.78, 5) is 0. The first-order valence-electron chi connectivity index (χ1n) is 6.62. The van der Waals surface area contributed by atoms with Gasteiger partial charge in [-0.2, -0.15) is 0 Å². The Labute approximate surface area is 136 Å². The number of hydrogen-bond donors (Lipinski definition) is 1. The van der Waals surface area contributed by atoms with Crippen LogP contribution in [0.5, 0.6) is 0 Å². The Morgan fingerprint density at radius 3 is 2.57 bits per heavy atom. The molecule has 1 aromatic heterocycles. The first-order valence-corrected chi connectivity index (χ1v) is 9.41. The van der Waals surface area contributed by atoms with Crippen LogP contribution in [0.15, 0.2) is 51.1 Å². The minimum atomic E-state index is 0.669. The van der Waals surface area contributed by atoms with E-state index in [0.29, 0.717) is 6.54 Å². The van der Waals surface area contributed by atoms with Crippen molar-refractivity contribution in [2.75, 3.05) is 12.3 Å². The molecule has 0 saturated carbocycles. The smallest absolute Gasteiger partial charge is 0.175 e. The summed E-state index contributed by atoms with van der Waals surface area (Å²) in [6.45, 7) is 0.669. The van der Waals surface area contributed by atoms with Crippen LogP contribution in [0.25, 0.3) is 10.8 Å². The van der Waals surface area contributed by atoms with E-state index in [9.17, 15) is 0 Å². The molecular weight excluding hydrogens is 318 g/mol. The van der Waals surface area contributed by atoms with Crippen LogP contribution in [-0.2, 0) is 5.75 Å². The fourth-order valence-electron chi connectivity index (χ4n) is 2.02.